The van der Waals surface area contributed by atoms with Crippen LogP contribution in [0.5, 0.6) is 0 Å². The van der Waals surface area contributed by atoms with Gasteiger partial charge in [0.25, 0.3) is 0 Å². The Kier molecular flexibility index (Phi) is 5.09. The Hall–Kier alpha value is -2.62. The Morgan fingerprint density at radius 1 is 1.26 bits per heavy atom. The number of benzene rings is 1. The molecule has 1 aliphatic carbocycles. The van der Waals surface area contributed by atoms with E-state index >= 15 is 0 Å². The zero-order valence-electron chi connectivity index (χ0n) is 16.5. The van der Waals surface area contributed by atoms with Gasteiger partial charge >= 0.3 is 5.97 Å². The highest BCUT2D eigenvalue weighted by molar-refractivity contribution is 6.03. The van der Waals surface area contributed by atoms with Crippen molar-refractivity contribution in [3.63, 3.8) is 0 Å². The molecular formula is C23H27NO3. The zero-order valence-corrected chi connectivity index (χ0v) is 16.5. The van der Waals surface area contributed by atoms with Crippen molar-refractivity contribution in [1.29, 1.82) is 0 Å². The second kappa shape index (κ2) is 7.18. The number of carbonyl (C=O) groups is 2. The molecule has 1 heterocycles. The van der Waals surface area contributed by atoms with Crippen molar-refractivity contribution in [3.8, 4) is 0 Å². The third kappa shape index (κ3) is 3.75. The van der Waals surface area contributed by atoms with Crippen LogP contribution >= 0.6 is 0 Å². The first-order valence-corrected chi connectivity index (χ1v) is 9.35. The lowest BCUT2D eigenvalue weighted by Crippen LogP contribution is -2.19. The summed E-state index contributed by atoms with van der Waals surface area (Å²) >= 11 is 0. The van der Waals surface area contributed by atoms with Crippen molar-refractivity contribution < 1.29 is 14.3 Å². The number of rotatable bonds is 4. The van der Waals surface area contributed by atoms with Gasteiger partial charge in [0.1, 0.15) is 12.3 Å². The van der Waals surface area contributed by atoms with Crippen LogP contribution < -0.4 is 0 Å². The molecule has 0 spiro atoms. The fourth-order valence-corrected chi connectivity index (χ4v) is 3.74. The summed E-state index contributed by atoms with van der Waals surface area (Å²) in [7, 11) is 0. The van der Waals surface area contributed by atoms with Crippen LogP contribution in [-0.4, -0.2) is 23.3 Å². The van der Waals surface area contributed by atoms with Crippen molar-refractivity contribution in [2.45, 2.75) is 51.9 Å². The lowest BCUT2D eigenvalue weighted by atomic mass is 9.80. The summed E-state index contributed by atoms with van der Waals surface area (Å²) < 4.78 is 5.13. The van der Waals surface area contributed by atoms with Gasteiger partial charge in [-0.2, -0.15) is 0 Å². The molecule has 0 amide bonds. The minimum absolute atomic E-state index is 0.0812. The Bertz CT molecular complexity index is 882. The van der Waals surface area contributed by atoms with E-state index in [1.165, 1.54) is 11.6 Å². The van der Waals surface area contributed by atoms with Crippen LogP contribution in [0.15, 0.2) is 36.9 Å². The van der Waals surface area contributed by atoms with Crippen molar-refractivity contribution in [1.82, 2.24) is 4.98 Å². The molecule has 2 aromatic rings. The molecule has 0 aliphatic heterocycles. The highest BCUT2D eigenvalue weighted by atomic mass is 16.5. The number of fused-ring (bicyclic) bond motifs is 1. The van der Waals surface area contributed by atoms with Gasteiger partial charge in [-0.25, -0.2) is 4.79 Å². The summed E-state index contributed by atoms with van der Waals surface area (Å²) in [5, 5.41) is 0. The van der Waals surface area contributed by atoms with Crippen LogP contribution in [0.1, 0.15) is 76.3 Å². The van der Waals surface area contributed by atoms with Crippen LogP contribution in [0.2, 0.25) is 0 Å². The van der Waals surface area contributed by atoms with E-state index in [4.69, 9.17) is 4.74 Å². The quantitative estimate of drug-likeness (QED) is 0.621. The standard InChI is InChI=1S/C23H27NO3/c1-6-11-27-22(26)21-14(2)20-18(24-21)12-16(13-19(20)25)15-7-9-17(10-8-15)23(3,4)5/h6-10,16,24H,1,11-13H2,2-5H3/t16-/m0/s1. The number of Topliss-reactive ketones (excluding diaryl/α,β-unsaturated/α-hetero) is 1. The summed E-state index contributed by atoms with van der Waals surface area (Å²) in [4.78, 5) is 28.1. The zero-order chi connectivity index (χ0) is 19.8. The third-order valence-electron chi connectivity index (χ3n) is 5.27. The van der Waals surface area contributed by atoms with E-state index in [2.05, 4.69) is 56.6 Å². The molecule has 27 heavy (non-hydrogen) atoms. The number of nitrogens with one attached hydrogen (secondary N) is 1. The fourth-order valence-electron chi connectivity index (χ4n) is 3.74. The summed E-state index contributed by atoms with van der Waals surface area (Å²) in [5.74, 6) is -0.243. The maximum atomic E-state index is 12.8. The van der Waals surface area contributed by atoms with Crippen molar-refractivity contribution in [3.05, 3.63) is 70.6 Å². The number of ketones is 1. The molecule has 3 rings (SSSR count). The minimum atomic E-state index is -0.444. The maximum absolute atomic E-state index is 12.8. The Morgan fingerprint density at radius 2 is 1.93 bits per heavy atom. The number of hydrogen-bond donors (Lipinski definition) is 1. The van der Waals surface area contributed by atoms with E-state index in [1.807, 2.05) is 0 Å². The van der Waals surface area contributed by atoms with Gasteiger partial charge in [0.2, 0.25) is 0 Å². The molecule has 0 fully saturated rings. The molecule has 1 aromatic carbocycles. The van der Waals surface area contributed by atoms with Crippen LogP contribution in [-0.2, 0) is 16.6 Å². The van der Waals surface area contributed by atoms with E-state index in [-0.39, 0.29) is 23.7 Å². The highest BCUT2D eigenvalue weighted by Crippen LogP contribution is 2.36. The number of H-pyrrole nitrogens is 1. The summed E-state index contributed by atoms with van der Waals surface area (Å²) in [6.45, 7) is 12.1. The largest absolute Gasteiger partial charge is 0.457 e. The maximum Gasteiger partial charge on any atom is 0.355 e. The normalized spacial score (nSPS) is 16.7. The van der Waals surface area contributed by atoms with Gasteiger partial charge < -0.3 is 9.72 Å². The second-order valence-corrected chi connectivity index (χ2v) is 8.27. The molecule has 1 aromatic heterocycles. The first kappa shape index (κ1) is 19.2. The SMILES string of the molecule is C=CCOC(=O)c1[nH]c2c(c1C)C(=O)C[C@@H](c1ccc(C(C)(C)C)cc1)C2. The summed E-state index contributed by atoms with van der Waals surface area (Å²) in [5.41, 5.74) is 5.08. The molecule has 0 bridgehead atoms. The fraction of sp³-hybridized carbons (Fsp3) is 0.391. The molecule has 0 saturated carbocycles. The molecule has 1 atom stereocenters. The van der Waals surface area contributed by atoms with Gasteiger partial charge in [-0.1, -0.05) is 57.7 Å². The number of esters is 1. The lowest BCUT2D eigenvalue weighted by Gasteiger charge is -2.24. The number of hydrogen-bond acceptors (Lipinski definition) is 3. The minimum Gasteiger partial charge on any atom is -0.457 e. The van der Waals surface area contributed by atoms with Gasteiger partial charge in [0.15, 0.2) is 5.78 Å². The molecule has 1 N–H and O–H groups in total. The molecule has 4 nitrogen and oxygen atoms in total. The van der Waals surface area contributed by atoms with Gasteiger partial charge in [0, 0.05) is 17.7 Å². The number of aromatic amines is 1. The predicted octanol–water partition coefficient (Wildman–Crippen LogP) is 4.88. The topological polar surface area (TPSA) is 59.2 Å². The van der Waals surface area contributed by atoms with E-state index in [0.29, 0.717) is 29.7 Å². The molecular weight excluding hydrogens is 338 g/mol. The van der Waals surface area contributed by atoms with Crippen LogP contribution in [0.4, 0.5) is 0 Å². The van der Waals surface area contributed by atoms with Gasteiger partial charge in [-0.05, 0) is 41.4 Å². The predicted molar refractivity (Wildman–Crippen MR) is 107 cm³/mol. The molecule has 1 aliphatic rings. The van der Waals surface area contributed by atoms with Crippen LogP contribution in [0.3, 0.4) is 0 Å². The highest BCUT2D eigenvalue weighted by Gasteiger charge is 2.32. The van der Waals surface area contributed by atoms with Gasteiger partial charge in [-0.3, -0.25) is 4.79 Å². The summed E-state index contributed by atoms with van der Waals surface area (Å²) in [6.07, 6.45) is 2.70. The molecule has 0 saturated heterocycles. The number of carbonyl (C=O) groups excluding carboxylic acids is 2. The molecule has 142 valence electrons. The van der Waals surface area contributed by atoms with E-state index in [1.54, 1.807) is 6.92 Å². The monoisotopic (exact) mass is 365 g/mol. The number of aromatic nitrogens is 1. The average Bonchev–Trinajstić information content (AvgIpc) is 2.96. The van der Waals surface area contributed by atoms with E-state index in [0.717, 1.165) is 11.3 Å². The average molecular weight is 365 g/mol. The van der Waals surface area contributed by atoms with Gasteiger partial charge in [0.05, 0.1) is 0 Å². The Morgan fingerprint density at radius 3 is 2.52 bits per heavy atom. The van der Waals surface area contributed by atoms with Crippen molar-refractivity contribution in [2.75, 3.05) is 6.61 Å². The van der Waals surface area contributed by atoms with Gasteiger partial charge in [-0.15, -0.1) is 0 Å². The first-order chi connectivity index (χ1) is 12.7. The Balaban J connectivity index is 1.87. The lowest BCUT2D eigenvalue weighted by molar-refractivity contribution is 0.0542. The summed E-state index contributed by atoms with van der Waals surface area (Å²) in [6, 6.07) is 8.54. The third-order valence-corrected chi connectivity index (χ3v) is 5.27. The van der Waals surface area contributed by atoms with E-state index in [9.17, 15) is 9.59 Å². The first-order valence-electron chi connectivity index (χ1n) is 9.35. The number of ether oxygens (including phenoxy) is 1. The van der Waals surface area contributed by atoms with E-state index < -0.39 is 5.97 Å². The molecule has 0 radical (unpaired) electrons. The molecule has 4 heteroatoms. The Labute approximate surface area is 160 Å². The smallest absolute Gasteiger partial charge is 0.355 e. The van der Waals surface area contributed by atoms with Crippen LogP contribution in [0, 0.1) is 6.92 Å². The molecule has 0 unspecified atom stereocenters. The van der Waals surface area contributed by atoms with Crippen molar-refractivity contribution in [2.24, 2.45) is 0 Å². The van der Waals surface area contributed by atoms with Crippen molar-refractivity contribution >= 4 is 11.8 Å². The second-order valence-electron chi connectivity index (χ2n) is 8.27. The van der Waals surface area contributed by atoms with Crippen LogP contribution in [0.25, 0.3) is 0 Å².